The van der Waals surface area contributed by atoms with Crippen LogP contribution in [0.3, 0.4) is 0 Å². The number of phenolic OH excluding ortho intramolecular Hbond substituents is 1. The second-order valence-corrected chi connectivity index (χ2v) is 4.03. The van der Waals surface area contributed by atoms with E-state index in [0.29, 0.717) is 5.69 Å². The first kappa shape index (κ1) is 14.9. The van der Waals surface area contributed by atoms with Crippen molar-refractivity contribution in [3.05, 3.63) is 59.9 Å². The average Bonchev–Trinajstić information content (AvgIpc) is 2.41. The van der Waals surface area contributed by atoms with Crippen LogP contribution in [0.2, 0.25) is 0 Å². The van der Waals surface area contributed by atoms with Crippen LogP contribution in [0, 0.1) is 5.82 Å². The van der Waals surface area contributed by atoms with Crippen LogP contribution in [-0.2, 0) is 0 Å². The Morgan fingerprint density at radius 1 is 1.00 bits per heavy atom. The molecule has 0 saturated heterocycles. The number of rotatable bonds is 2. The highest BCUT2D eigenvalue weighted by molar-refractivity contribution is 5.82. The van der Waals surface area contributed by atoms with Crippen LogP contribution in [0.4, 0.5) is 10.1 Å². The zero-order chi connectivity index (χ0) is 14.1. The molecule has 100 valence electrons. The fourth-order valence-electron chi connectivity index (χ4n) is 1.24. The topological polar surface area (TPSA) is 32.6 Å². The molecule has 2 aromatic rings. The average molecular weight is 259 g/mol. The maximum Gasteiger partial charge on any atom is 0.123 e. The van der Waals surface area contributed by atoms with E-state index in [9.17, 15) is 4.39 Å². The van der Waals surface area contributed by atoms with Crippen molar-refractivity contribution in [3.8, 4) is 5.75 Å². The summed E-state index contributed by atoms with van der Waals surface area (Å²) in [5.41, 5.74) is 1.57. The van der Waals surface area contributed by atoms with E-state index in [1.54, 1.807) is 42.6 Å². The van der Waals surface area contributed by atoms with Crippen LogP contribution in [-0.4, -0.2) is 11.3 Å². The van der Waals surface area contributed by atoms with Gasteiger partial charge in [0.25, 0.3) is 0 Å². The smallest absolute Gasteiger partial charge is 0.123 e. The van der Waals surface area contributed by atoms with Gasteiger partial charge in [-0.05, 0) is 54.1 Å². The fourth-order valence-corrected chi connectivity index (χ4v) is 1.24. The van der Waals surface area contributed by atoms with Gasteiger partial charge in [0.15, 0.2) is 0 Å². The molecule has 0 spiro atoms. The molecule has 19 heavy (non-hydrogen) atoms. The Hall–Kier alpha value is -2.16. The van der Waals surface area contributed by atoms with Gasteiger partial charge in [-0.3, -0.25) is 4.99 Å². The highest BCUT2D eigenvalue weighted by atomic mass is 19.1. The molecule has 0 atom stereocenters. The second-order valence-electron chi connectivity index (χ2n) is 4.03. The number of aliphatic imine (C=N–C) groups is 1. The molecule has 0 fully saturated rings. The van der Waals surface area contributed by atoms with Gasteiger partial charge in [0.2, 0.25) is 0 Å². The Morgan fingerprint density at radius 2 is 1.53 bits per heavy atom. The molecule has 0 aliphatic heterocycles. The minimum Gasteiger partial charge on any atom is -0.508 e. The van der Waals surface area contributed by atoms with Crippen molar-refractivity contribution in [2.45, 2.75) is 20.3 Å². The van der Waals surface area contributed by atoms with E-state index in [2.05, 4.69) is 18.8 Å². The first-order valence-corrected chi connectivity index (χ1v) is 6.24. The van der Waals surface area contributed by atoms with Gasteiger partial charge in [-0.1, -0.05) is 20.3 Å². The van der Waals surface area contributed by atoms with Crippen LogP contribution in [0.5, 0.6) is 5.75 Å². The molecular weight excluding hydrogens is 241 g/mol. The summed E-state index contributed by atoms with van der Waals surface area (Å²) in [5, 5.41) is 9.09. The summed E-state index contributed by atoms with van der Waals surface area (Å²) in [6, 6.07) is 12.6. The summed E-state index contributed by atoms with van der Waals surface area (Å²) < 4.78 is 12.6. The molecule has 2 nitrogen and oxygen atoms in total. The van der Waals surface area contributed by atoms with Crippen LogP contribution in [0.1, 0.15) is 25.8 Å². The van der Waals surface area contributed by atoms with Crippen molar-refractivity contribution < 1.29 is 9.50 Å². The molecule has 3 heteroatoms. The van der Waals surface area contributed by atoms with Gasteiger partial charge in [0, 0.05) is 6.21 Å². The maximum atomic E-state index is 12.6. The molecule has 1 N–H and O–H groups in total. The van der Waals surface area contributed by atoms with Gasteiger partial charge in [0.05, 0.1) is 5.69 Å². The fraction of sp³-hybridized carbons (Fsp3) is 0.188. The van der Waals surface area contributed by atoms with Gasteiger partial charge >= 0.3 is 0 Å². The van der Waals surface area contributed by atoms with E-state index in [4.69, 9.17) is 5.11 Å². The predicted molar refractivity (Wildman–Crippen MR) is 77.7 cm³/mol. The zero-order valence-electron chi connectivity index (χ0n) is 11.2. The third-order valence-corrected chi connectivity index (χ3v) is 2.08. The summed E-state index contributed by atoms with van der Waals surface area (Å²) in [6.45, 7) is 4.25. The first-order valence-electron chi connectivity index (χ1n) is 6.24. The van der Waals surface area contributed by atoms with E-state index in [1.165, 1.54) is 18.6 Å². The van der Waals surface area contributed by atoms with Crippen LogP contribution < -0.4 is 0 Å². The number of phenols is 1. The molecule has 0 saturated carbocycles. The van der Waals surface area contributed by atoms with Gasteiger partial charge in [-0.25, -0.2) is 4.39 Å². The lowest BCUT2D eigenvalue weighted by Crippen LogP contribution is -1.79. The highest BCUT2D eigenvalue weighted by Gasteiger charge is 1.91. The standard InChI is InChI=1S/C13H10FNO.C3H8/c14-11-3-5-12(6-4-11)15-9-10-1-7-13(16)8-2-10;1-3-2/h1-9,16H;3H2,1-2H3. The van der Waals surface area contributed by atoms with Crippen LogP contribution in [0.25, 0.3) is 0 Å². The molecule has 0 aromatic heterocycles. The third kappa shape index (κ3) is 5.82. The Bertz CT molecular complexity index is 456. The van der Waals surface area contributed by atoms with E-state index in [0.717, 1.165) is 5.56 Å². The monoisotopic (exact) mass is 259 g/mol. The molecular formula is C16H18FNO. The van der Waals surface area contributed by atoms with E-state index in [-0.39, 0.29) is 11.6 Å². The molecule has 0 radical (unpaired) electrons. The Labute approximate surface area is 113 Å². The van der Waals surface area contributed by atoms with Gasteiger partial charge in [-0.15, -0.1) is 0 Å². The summed E-state index contributed by atoms with van der Waals surface area (Å²) in [5.74, 6) is -0.0532. The molecule has 0 heterocycles. The molecule has 0 aliphatic rings. The number of benzene rings is 2. The lowest BCUT2D eigenvalue weighted by atomic mass is 10.2. The van der Waals surface area contributed by atoms with Crippen molar-refractivity contribution in [1.82, 2.24) is 0 Å². The number of hydrogen-bond acceptors (Lipinski definition) is 2. The normalized spacial score (nSPS) is 10.1. The first-order chi connectivity index (χ1) is 9.15. The van der Waals surface area contributed by atoms with Crippen molar-refractivity contribution in [2.75, 3.05) is 0 Å². The highest BCUT2D eigenvalue weighted by Crippen LogP contribution is 2.13. The Morgan fingerprint density at radius 3 is 2.05 bits per heavy atom. The molecule has 2 rings (SSSR count). The Balaban J connectivity index is 0.000000550. The minimum absolute atomic E-state index is 0.221. The van der Waals surface area contributed by atoms with Crippen molar-refractivity contribution in [3.63, 3.8) is 0 Å². The lowest BCUT2D eigenvalue weighted by molar-refractivity contribution is 0.475. The number of aromatic hydroxyl groups is 1. The van der Waals surface area contributed by atoms with E-state index < -0.39 is 0 Å². The number of hydrogen-bond donors (Lipinski definition) is 1. The summed E-state index contributed by atoms with van der Waals surface area (Å²) in [6.07, 6.45) is 2.91. The Kier molecular flexibility index (Phi) is 6.30. The summed E-state index contributed by atoms with van der Waals surface area (Å²) >= 11 is 0. The summed E-state index contributed by atoms with van der Waals surface area (Å²) in [7, 11) is 0. The molecule has 2 aromatic carbocycles. The lowest BCUT2D eigenvalue weighted by Gasteiger charge is -1.95. The minimum atomic E-state index is -0.274. The second kappa shape index (κ2) is 8.03. The third-order valence-electron chi connectivity index (χ3n) is 2.08. The van der Waals surface area contributed by atoms with Crippen molar-refractivity contribution in [1.29, 1.82) is 0 Å². The predicted octanol–water partition coefficient (Wildman–Crippen LogP) is 4.70. The molecule has 0 amide bonds. The molecule has 0 unspecified atom stereocenters. The maximum absolute atomic E-state index is 12.6. The quantitative estimate of drug-likeness (QED) is 0.779. The van der Waals surface area contributed by atoms with Gasteiger partial charge < -0.3 is 5.11 Å². The van der Waals surface area contributed by atoms with Crippen molar-refractivity contribution in [2.24, 2.45) is 4.99 Å². The van der Waals surface area contributed by atoms with Crippen molar-refractivity contribution >= 4 is 11.9 Å². The van der Waals surface area contributed by atoms with Crippen LogP contribution in [0.15, 0.2) is 53.5 Å². The SMILES string of the molecule is CCC.Oc1ccc(C=Nc2ccc(F)cc2)cc1. The van der Waals surface area contributed by atoms with E-state index in [1.807, 2.05) is 0 Å². The largest absolute Gasteiger partial charge is 0.508 e. The van der Waals surface area contributed by atoms with Crippen LogP contribution >= 0.6 is 0 Å². The number of nitrogens with zero attached hydrogens (tertiary/aromatic N) is 1. The van der Waals surface area contributed by atoms with Gasteiger partial charge in [-0.2, -0.15) is 0 Å². The molecule has 0 aliphatic carbocycles. The molecule has 0 bridgehead atoms. The zero-order valence-corrected chi connectivity index (χ0v) is 11.2. The number of halogens is 1. The van der Waals surface area contributed by atoms with E-state index >= 15 is 0 Å². The summed E-state index contributed by atoms with van der Waals surface area (Å²) in [4.78, 5) is 4.17. The van der Waals surface area contributed by atoms with Gasteiger partial charge in [0.1, 0.15) is 11.6 Å².